The fourth-order valence-corrected chi connectivity index (χ4v) is 3.94. The zero-order valence-corrected chi connectivity index (χ0v) is 17.6. The normalized spacial score (nSPS) is 10.5. The molecule has 1 amide bonds. The monoisotopic (exact) mass is 433 g/mol. The van der Waals surface area contributed by atoms with Gasteiger partial charge in [-0.2, -0.15) is 0 Å². The predicted molar refractivity (Wildman–Crippen MR) is 124 cm³/mol. The van der Waals surface area contributed by atoms with Crippen molar-refractivity contribution in [2.45, 2.75) is 6.42 Å². The summed E-state index contributed by atoms with van der Waals surface area (Å²) in [6.45, 7) is 0.591. The summed E-state index contributed by atoms with van der Waals surface area (Å²) in [5.74, 6) is 1.28. The molecule has 0 spiro atoms. The lowest BCUT2D eigenvalue weighted by molar-refractivity contribution is 0.0976. The molecule has 7 heteroatoms. The highest BCUT2D eigenvalue weighted by Gasteiger charge is 2.13. The number of fused-ring (bicyclic) bond motifs is 1. The molecule has 0 saturated carbocycles. The van der Waals surface area contributed by atoms with Gasteiger partial charge in [0.05, 0.1) is 10.2 Å². The molecule has 0 aliphatic rings. The molecular formula is C23H19N3O2S2. The van der Waals surface area contributed by atoms with Crippen molar-refractivity contribution in [1.82, 2.24) is 15.6 Å². The first-order valence-electron chi connectivity index (χ1n) is 9.44. The maximum absolute atomic E-state index is 12.4. The largest absolute Gasteiger partial charge is 0.457 e. The van der Waals surface area contributed by atoms with Crippen molar-refractivity contribution in [3.8, 4) is 11.5 Å². The van der Waals surface area contributed by atoms with Crippen molar-refractivity contribution in [3.05, 3.63) is 89.4 Å². The quantitative estimate of drug-likeness (QED) is 0.422. The minimum atomic E-state index is -0.299. The number of thiazole rings is 1. The molecule has 1 heterocycles. The maximum Gasteiger partial charge on any atom is 0.286 e. The SMILES string of the molecule is O=C(NC(=S)NCCc1cccc(Oc2ccccc2)c1)c1nc2ccccc2s1. The Morgan fingerprint density at radius 1 is 0.967 bits per heavy atom. The van der Waals surface area contributed by atoms with Crippen molar-refractivity contribution in [2.24, 2.45) is 0 Å². The highest BCUT2D eigenvalue weighted by atomic mass is 32.1. The first-order chi connectivity index (χ1) is 14.7. The third-order valence-electron chi connectivity index (χ3n) is 4.29. The van der Waals surface area contributed by atoms with Gasteiger partial charge in [0.15, 0.2) is 10.1 Å². The highest BCUT2D eigenvalue weighted by Crippen LogP contribution is 2.22. The van der Waals surface area contributed by atoms with Gasteiger partial charge in [0.25, 0.3) is 5.91 Å². The highest BCUT2D eigenvalue weighted by molar-refractivity contribution is 7.80. The van der Waals surface area contributed by atoms with E-state index in [9.17, 15) is 4.79 Å². The van der Waals surface area contributed by atoms with E-state index >= 15 is 0 Å². The number of carbonyl (C=O) groups excluding carboxylic acids is 1. The molecule has 0 aliphatic carbocycles. The molecule has 5 nitrogen and oxygen atoms in total. The molecule has 0 unspecified atom stereocenters. The van der Waals surface area contributed by atoms with E-state index < -0.39 is 0 Å². The Labute approximate surface area is 183 Å². The molecule has 0 bridgehead atoms. The summed E-state index contributed by atoms with van der Waals surface area (Å²) in [7, 11) is 0. The second kappa shape index (κ2) is 9.47. The van der Waals surface area contributed by atoms with Crippen LogP contribution in [0.4, 0.5) is 0 Å². The third-order valence-corrected chi connectivity index (χ3v) is 5.57. The number of hydrogen-bond acceptors (Lipinski definition) is 5. The van der Waals surface area contributed by atoms with E-state index in [4.69, 9.17) is 17.0 Å². The van der Waals surface area contributed by atoms with E-state index in [2.05, 4.69) is 15.6 Å². The van der Waals surface area contributed by atoms with Gasteiger partial charge in [-0.25, -0.2) is 4.98 Å². The first-order valence-corrected chi connectivity index (χ1v) is 10.7. The second-order valence-electron chi connectivity index (χ2n) is 6.51. The minimum absolute atomic E-state index is 0.288. The lowest BCUT2D eigenvalue weighted by Crippen LogP contribution is -2.40. The number of thiocarbonyl (C=S) groups is 1. The summed E-state index contributed by atoms with van der Waals surface area (Å²) in [4.78, 5) is 16.7. The molecule has 0 atom stereocenters. The minimum Gasteiger partial charge on any atom is -0.457 e. The number of hydrogen-bond donors (Lipinski definition) is 2. The second-order valence-corrected chi connectivity index (χ2v) is 7.95. The van der Waals surface area contributed by atoms with Gasteiger partial charge in [-0.05, 0) is 60.6 Å². The Morgan fingerprint density at radius 2 is 1.73 bits per heavy atom. The molecule has 4 aromatic rings. The van der Waals surface area contributed by atoms with Crippen LogP contribution >= 0.6 is 23.6 Å². The molecule has 30 heavy (non-hydrogen) atoms. The van der Waals surface area contributed by atoms with E-state index in [0.29, 0.717) is 11.6 Å². The van der Waals surface area contributed by atoms with Gasteiger partial charge in [-0.15, -0.1) is 11.3 Å². The summed E-state index contributed by atoms with van der Waals surface area (Å²) in [6.07, 6.45) is 0.739. The number of benzene rings is 3. The Morgan fingerprint density at radius 3 is 2.57 bits per heavy atom. The van der Waals surface area contributed by atoms with Gasteiger partial charge < -0.3 is 10.1 Å². The van der Waals surface area contributed by atoms with Gasteiger partial charge in [0.2, 0.25) is 0 Å². The summed E-state index contributed by atoms with van der Waals surface area (Å²) in [5, 5.41) is 6.44. The standard InChI is InChI=1S/C23H19N3O2S2/c27-21(22-25-19-11-4-5-12-20(19)30-22)26-23(29)24-14-13-16-7-6-10-18(15-16)28-17-8-2-1-3-9-17/h1-12,15H,13-14H2,(H2,24,26,27,29). The lowest BCUT2D eigenvalue weighted by Gasteiger charge is -2.10. The van der Waals surface area contributed by atoms with Crippen LogP contribution in [0.25, 0.3) is 10.2 Å². The number of aromatic nitrogens is 1. The van der Waals surface area contributed by atoms with Crippen LogP contribution in [0.3, 0.4) is 0 Å². The van der Waals surface area contributed by atoms with Gasteiger partial charge in [-0.3, -0.25) is 10.1 Å². The topological polar surface area (TPSA) is 63.2 Å². The third kappa shape index (κ3) is 5.20. The number of rotatable bonds is 6. The molecule has 0 saturated heterocycles. The number of nitrogens with one attached hydrogen (secondary N) is 2. The molecule has 0 fully saturated rings. The van der Waals surface area contributed by atoms with Crippen LogP contribution in [0, 0.1) is 0 Å². The number of carbonyl (C=O) groups is 1. The van der Waals surface area contributed by atoms with Crippen LogP contribution in [0.15, 0.2) is 78.9 Å². The Balaban J connectivity index is 1.27. The van der Waals surface area contributed by atoms with Gasteiger partial charge in [-0.1, -0.05) is 42.5 Å². The number of para-hydroxylation sites is 2. The maximum atomic E-state index is 12.4. The van der Waals surface area contributed by atoms with E-state index in [1.54, 1.807) is 0 Å². The van der Waals surface area contributed by atoms with Crippen molar-refractivity contribution in [3.63, 3.8) is 0 Å². The van der Waals surface area contributed by atoms with E-state index in [0.717, 1.165) is 33.7 Å². The molecule has 2 N–H and O–H groups in total. The summed E-state index contributed by atoms with van der Waals surface area (Å²) < 4.78 is 6.84. The van der Waals surface area contributed by atoms with Crippen molar-refractivity contribution < 1.29 is 9.53 Å². The average molecular weight is 434 g/mol. The Bertz CT molecular complexity index is 1140. The Kier molecular flexibility index (Phi) is 6.32. The van der Waals surface area contributed by atoms with Crippen molar-refractivity contribution in [2.75, 3.05) is 6.54 Å². The van der Waals surface area contributed by atoms with E-state index in [-0.39, 0.29) is 11.0 Å². The zero-order valence-electron chi connectivity index (χ0n) is 16.0. The lowest BCUT2D eigenvalue weighted by atomic mass is 10.1. The van der Waals surface area contributed by atoms with Crippen LogP contribution < -0.4 is 15.4 Å². The van der Waals surface area contributed by atoms with Gasteiger partial charge >= 0.3 is 0 Å². The number of ether oxygens (including phenoxy) is 1. The van der Waals surface area contributed by atoms with Crippen LogP contribution in [-0.2, 0) is 6.42 Å². The predicted octanol–water partition coefficient (Wildman–Crippen LogP) is 4.94. The number of nitrogens with zero attached hydrogens (tertiary/aromatic N) is 1. The van der Waals surface area contributed by atoms with Crippen molar-refractivity contribution >= 4 is 44.8 Å². The molecule has 150 valence electrons. The summed E-state index contributed by atoms with van der Waals surface area (Å²) in [5.41, 5.74) is 1.92. The summed E-state index contributed by atoms with van der Waals surface area (Å²) >= 11 is 6.59. The molecular weight excluding hydrogens is 414 g/mol. The van der Waals surface area contributed by atoms with Crippen LogP contribution in [0.2, 0.25) is 0 Å². The smallest absolute Gasteiger partial charge is 0.286 e. The van der Waals surface area contributed by atoms with E-state index in [1.807, 2.05) is 78.9 Å². The van der Waals surface area contributed by atoms with Gasteiger partial charge in [0.1, 0.15) is 11.5 Å². The fraction of sp³-hybridized carbons (Fsp3) is 0.0870. The zero-order chi connectivity index (χ0) is 20.8. The fourth-order valence-electron chi connectivity index (χ4n) is 2.88. The van der Waals surface area contributed by atoms with Crippen LogP contribution in [0.1, 0.15) is 15.4 Å². The van der Waals surface area contributed by atoms with Gasteiger partial charge in [0, 0.05) is 6.54 Å². The molecule has 4 rings (SSSR count). The molecule has 3 aromatic carbocycles. The van der Waals surface area contributed by atoms with E-state index in [1.165, 1.54) is 11.3 Å². The van der Waals surface area contributed by atoms with Crippen LogP contribution in [-0.4, -0.2) is 22.5 Å². The van der Waals surface area contributed by atoms with Crippen molar-refractivity contribution in [1.29, 1.82) is 0 Å². The Hall–Kier alpha value is -3.29. The molecule has 0 radical (unpaired) electrons. The van der Waals surface area contributed by atoms with Crippen LogP contribution in [0.5, 0.6) is 11.5 Å². The average Bonchev–Trinajstić information content (AvgIpc) is 3.19. The molecule has 1 aromatic heterocycles. The summed E-state index contributed by atoms with van der Waals surface area (Å²) in [6, 6.07) is 25.2. The molecule has 0 aliphatic heterocycles. The first kappa shape index (κ1) is 20.0. The number of amides is 1.